The zero-order chi connectivity index (χ0) is 11.4. The highest BCUT2D eigenvalue weighted by Gasteiger charge is 2.03. The second-order valence-electron chi connectivity index (χ2n) is 2.92. The molecule has 0 unspecified atom stereocenters. The number of nitrogens with zero attached hydrogens (tertiary/aromatic N) is 2. The Balaban J connectivity index is 2.24. The van der Waals surface area contributed by atoms with Gasteiger partial charge in [-0.3, -0.25) is 4.98 Å². The van der Waals surface area contributed by atoms with Crippen molar-refractivity contribution in [3.63, 3.8) is 0 Å². The number of aromatic nitrogens is 2. The third-order valence-corrected chi connectivity index (χ3v) is 2.47. The summed E-state index contributed by atoms with van der Waals surface area (Å²) in [5.41, 5.74) is 2.40. The van der Waals surface area contributed by atoms with Crippen LogP contribution in [-0.4, -0.2) is 9.97 Å². The molecule has 0 aliphatic rings. The van der Waals surface area contributed by atoms with Gasteiger partial charge in [-0.25, -0.2) is 5.84 Å². The Kier molecular flexibility index (Phi) is 3.33. The van der Waals surface area contributed by atoms with Crippen LogP contribution in [0, 0.1) is 0 Å². The van der Waals surface area contributed by atoms with Crippen molar-refractivity contribution >= 4 is 21.7 Å². The minimum Gasteiger partial charge on any atom is -0.436 e. The molecule has 2 aromatic rings. The minimum atomic E-state index is 0.377. The van der Waals surface area contributed by atoms with Crippen LogP contribution in [0.25, 0.3) is 0 Å². The predicted molar refractivity (Wildman–Crippen MR) is 64.1 cm³/mol. The zero-order valence-corrected chi connectivity index (χ0v) is 9.81. The van der Waals surface area contributed by atoms with Gasteiger partial charge in [0.2, 0.25) is 5.88 Å². The number of hydrogen-bond acceptors (Lipinski definition) is 5. The highest BCUT2D eigenvalue weighted by atomic mass is 79.9. The summed E-state index contributed by atoms with van der Waals surface area (Å²) in [5.74, 6) is 6.72. The third-order valence-electron chi connectivity index (χ3n) is 1.81. The SMILES string of the molecule is NNc1cncc(Oc2ccccc2Br)n1. The van der Waals surface area contributed by atoms with Gasteiger partial charge in [0, 0.05) is 0 Å². The van der Waals surface area contributed by atoms with E-state index in [1.165, 1.54) is 12.4 Å². The molecule has 1 aromatic heterocycles. The van der Waals surface area contributed by atoms with Crippen molar-refractivity contribution in [1.29, 1.82) is 0 Å². The van der Waals surface area contributed by atoms with E-state index >= 15 is 0 Å². The van der Waals surface area contributed by atoms with E-state index in [1.54, 1.807) is 0 Å². The van der Waals surface area contributed by atoms with Crippen molar-refractivity contribution in [2.75, 3.05) is 5.43 Å². The van der Waals surface area contributed by atoms with Crippen LogP contribution in [0.15, 0.2) is 41.1 Å². The number of halogens is 1. The number of benzene rings is 1. The summed E-state index contributed by atoms with van der Waals surface area (Å²) >= 11 is 3.38. The summed E-state index contributed by atoms with van der Waals surface area (Å²) in [5, 5.41) is 0. The number of nitrogen functional groups attached to an aromatic ring is 1. The largest absolute Gasteiger partial charge is 0.436 e. The van der Waals surface area contributed by atoms with Gasteiger partial charge < -0.3 is 10.2 Å². The first-order valence-corrected chi connectivity index (χ1v) is 5.30. The molecule has 2 rings (SSSR count). The second-order valence-corrected chi connectivity index (χ2v) is 3.77. The Morgan fingerprint density at radius 1 is 1.25 bits per heavy atom. The lowest BCUT2D eigenvalue weighted by Crippen LogP contribution is -2.09. The molecule has 0 saturated carbocycles. The van der Waals surface area contributed by atoms with E-state index in [0.717, 1.165) is 4.47 Å². The lowest BCUT2D eigenvalue weighted by molar-refractivity contribution is 0.458. The van der Waals surface area contributed by atoms with E-state index in [4.69, 9.17) is 10.6 Å². The molecule has 1 aromatic carbocycles. The fraction of sp³-hybridized carbons (Fsp3) is 0. The van der Waals surface area contributed by atoms with Gasteiger partial charge in [0.25, 0.3) is 0 Å². The van der Waals surface area contributed by atoms with Crippen molar-refractivity contribution in [3.05, 3.63) is 41.1 Å². The van der Waals surface area contributed by atoms with E-state index in [9.17, 15) is 0 Å². The predicted octanol–water partition coefficient (Wildman–Crippen LogP) is 2.32. The maximum absolute atomic E-state index is 5.54. The molecule has 0 aliphatic heterocycles. The van der Waals surface area contributed by atoms with Gasteiger partial charge in [-0.15, -0.1) is 0 Å². The van der Waals surface area contributed by atoms with Crippen LogP contribution in [0.3, 0.4) is 0 Å². The highest BCUT2D eigenvalue weighted by molar-refractivity contribution is 9.10. The molecule has 0 radical (unpaired) electrons. The molecule has 0 saturated heterocycles. The molecule has 5 nitrogen and oxygen atoms in total. The number of hydrogen-bond donors (Lipinski definition) is 2. The first-order valence-electron chi connectivity index (χ1n) is 4.50. The van der Waals surface area contributed by atoms with Crippen molar-refractivity contribution in [3.8, 4) is 11.6 Å². The maximum Gasteiger partial charge on any atom is 0.239 e. The quantitative estimate of drug-likeness (QED) is 0.667. The molecule has 0 amide bonds. The zero-order valence-electron chi connectivity index (χ0n) is 8.22. The molecule has 0 spiro atoms. The smallest absolute Gasteiger partial charge is 0.239 e. The van der Waals surface area contributed by atoms with Crippen LogP contribution in [0.2, 0.25) is 0 Å². The van der Waals surface area contributed by atoms with Gasteiger partial charge >= 0.3 is 0 Å². The molecule has 6 heteroatoms. The van der Waals surface area contributed by atoms with Crippen LogP contribution >= 0.6 is 15.9 Å². The van der Waals surface area contributed by atoms with Crippen LogP contribution in [0.5, 0.6) is 11.6 Å². The van der Waals surface area contributed by atoms with Gasteiger partial charge in [0.1, 0.15) is 5.75 Å². The van der Waals surface area contributed by atoms with E-state index in [2.05, 4.69) is 31.3 Å². The topological polar surface area (TPSA) is 73.1 Å². The summed E-state index contributed by atoms with van der Waals surface area (Å²) in [6.45, 7) is 0. The van der Waals surface area contributed by atoms with Crippen molar-refractivity contribution < 1.29 is 4.74 Å². The molecule has 0 fully saturated rings. The van der Waals surface area contributed by atoms with E-state index in [0.29, 0.717) is 17.4 Å². The summed E-state index contributed by atoms with van der Waals surface area (Å²) in [7, 11) is 0. The minimum absolute atomic E-state index is 0.377. The first-order chi connectivity index (χ1) is 7.79. The van der Waals surface area contributed by atoms with Crippen molar-refractivity contribution in [1.82, 2.24) is 9.97 Å². The van der Waals surface area contributed by atoms with Crippen LogP contribution in [-0.2, 0) is 0 Å². The standard InChI is InChI=1S/C10H9BrN4O/c11-7-3-1-2-4-8(7)16-10-6-13-5-9(14-10)15-12/h1-6H,12H2,(H,14,15). The van der Waals surface area contributed by atoms with E-state index in [1.807, 2.05) is 24.3 Å². The van der Waals surface area contributed by atoms with Gasteiger partial charge in [-0.05, 0) is 28.1 Å². The fourth-order valence-corrected chi connectivity index (χ4v) is 1.47. The number of anilines is 1. The van der Waals surface area contributed by atoms with Crippen LogP contribution < -0.4 is 16.0 Å². The molecule has 0 aliphatic carbocycles. The highest BCUT2D eigenvalue weighted by Crippen LogP contribution is 2.28. The van der Waals surface area contributed by atoms with Gasteiger partial charge in [0.15, 0.2) is 5.82 Å². The van der Waals surface area contributed by atoms with Crippen LogP contribution in [0.4, 0.5) is 5.82 Å². The van der Waals surface area contributed by atoms with Gasteiger partial charge in [-0.2, -0.15) is 4.98 Å². The monoisotopic (exact) mass is 280 g/mol. The Bertz CT molecular complexity index is 492. The summed E-state index contributed by atoms with van der Waals surface area (Å²) < 4.78 is 6.39. The van der Waals surface area contributed by atoms with Gasteiger partial charge in [-0.1, -0.05) is 12.1 Å². The number of nitrogens with one attached hydrogen (secondary N) is 1. The molecule has 3 N–H and O–H groups in total. The molecule has 0 atom stereocenters. The average molecular weight is 281 g/mol. The van der Waals surface area contributed by atoms with E-state index < -0.39 is 0 Å². The molecular weight excluding hydrogens is 272 g/mol. The van der Waals surface area contributed by atoms with Crippen molar-refractivity contribution in [2.45, 2.75) is 0 Å². The Morgan fingerprint density at radius 3 is 2.81 bits per heavy atom. The molecule has 0 bridgehead atoms. The lowest BCUT2D eigenvalue weighted by atomic mass is 10.3. The lowest BCUT2D eigenvalue weighted by Gasteiger charge is -2.06. The Morgan fingerprint density at radius 2 is 2.06 bits per heavy atom. The van der Waals surface area contributed by atoms with Gasteiger partial charge in [0.05, 0.1) is 16.9 Å². The molecule has 16 heavy (non-hydrogen) atoms. The maximum atomic E-state index is 5.54. The number of rotatable bonds is 3. The second kappa shape index (κ2) is 4.91. The van der Waals surface area contributed by atoms with E-state index in [-0.39, 0.29) is 0 Å². The summed E-state index contributed by atoms with van der Waals surface area (Å²) in [4.78, 5) is 8.02. The summed E-state index contributed by atoms with van der Waals surface area (Å²) in [6.07, 6.45) is 3.02. The average Bonchev–Trinajstić information content (AvgIpc) is 2.32. The Labute approximate surface area is 101 Å². The summed E-state index contributed by atoms with van der Waals surface area (Å²) in [6, 6.07) is 7.49. The first kappa shape index (κ1) is 10.8. The number of nitrogens with two attached hydrogens (primary N) is 1. The van der Waals surface area contributed by atoms with Crippen molar-refractivity contribution in [2.24, 2.45) is 5.84 Å². The third kappa shape index (κ3) is 2.47. The molecule has 82 valence electrons. The number of para-hydroxylation sites is 1. The normalized spacial score (nSPS) is 9.88. The molecular formula is C10H9BrN4O. The van der Waals surface area contributed by atoms with Crippen LogP contribution in [0.1, 0.15) is 0 Å². The Hall–Kier alpha value is -1.66. The number of hydrazine groups is 1. The fourth-order valence-electron chi connectivity index (χ4n) is 1.11. The number of ether oxygens (including phenoxy) is 1. The molecule has 1 heterocycles.